The van der Waals surface area contributed by atoms with Crippen LogP contribution in [-0.2, 0) is 31.9 Å². The van der Waals surface area contributed by atoms with Crippen LogP contribution in [0.4, 0.5) is 0 Å². The predicted octanol–water partition coefficient (Wildman–Crippen LogP) is 1.92. The zero-order valence-corrected chi connectivity index (χ0v) is 18.2. The van der Waals surface area contributed by atoms with Crippen molar-refractivity contribution in [1.29, 1.82) is 0 Å². The molecule has 0 aliphatic carbocycles. The van der Waals surface area contributed by atoms with Crippen LogP contribution in [0.3, 0.4) is 0 Å². The van der Waals surface area contributed by atoms with Gasteiger partial charge in [-0.25, -0.2) is 8.42 Å². The van der Waals surface area contributed by atoms with Gasteiger partial charge in [-0.1, -0.05) is 5.16 Å². The van der Waals surface area contributed by atoms with Crippen molar-refractivity contribution >= 4 is 39.0 Å². The van der Waals surface area contributed by atoms with Gasteiger partial charge in [0.05, 0.1) is 31.2 Å². The molecule has 8 nitrogen and oxygen atoms in total. The number of amides is 1. The van der Waals surface area contributed by atoms with Crippen molar-refractivity contribution in [2.45, 2.75) is 30.4 Å². The molecule has 154 valence electrons. The van der Waals surface area contributed by atoms with E-state index in [1.807, 2.05) is 13.8 Å². The van der Waals surface area contributed by atoms with E-state index in [-0.39, 0.29) is 5.91 Å². The quantitative estimate of drug-likeness (QED) is 0.662. The molecule has 11 heteroatoms. The van der Waals surface area contributed by atoms with E-state index >= 15 is 0 Å². The molecule has 0 atom stereocenters. The average molecular weight is 446 g/mol. The molecule has 1 saturated heterocycles. The largest absolute Gasteiger partial charge is 0.379 e. The van der Waals surface area contributed by atoms with Crippen LogP contribution in [0.5, 0.6) is 0 Å². The number of nitrogens with zero attached hydrogens (tertiary/aromatic N) is 2. The first-order valence-corrected chi connectivity index (χ1v) is 12.2. The Balaban J connectivity index is 1.46. The number of nitrogens with one attached hydrogen (secondary N) is 1. The van der Waals surface area contributed by atoms with Crippen LogP contribution in [0.15, 0.2) is 20.9 Å². The Morgan fingerprint density at radius 3 is 2.75 bits per heavy atom. The lowest BCUT2D eigenvalue weighted by Crippen LogP contribution is -2.40. The van der Waals surface area contributed by atoms with Gasteiger partial charge in [0, 0.05) is 29.3 Å². The van der Waals surface area contributed by atoms with E-state index in [0.717, 1.165) is 21.9 Å². The van der Waals surface area contributed by atoms with Gasteiger partial charge in [0.25, 0.3) is 10.0 Å². The molecule has 1 amide bonds. The minimum atomic E-state index is -3.49. The summed E-state index contributed by atoms with van der Waals surface area (Å²) in [5.41, 5.74) is 1.87. The van der Waals surface area contributed by atoms with Crippen LogP contribution >= 0.6 is 23.1 Å². The van der Waals surface area contributed by atoms with Gasteiger partial charge in [0.1, 0.15) is 9.97 Å². The molecule has 2 aromatic heterocycles. The highest BCUT2D eigenvalue weighted by atomic mass is 32.2. The molecule has 0 spiro atoms. The number of aromatic nitrogens is 1. The van der Waals surface area contributed by atoms with Crippen molar-refractivity contribution in [3.8, 4) is 0 Å². The summed E-state index contributed by atoms with van der Waals surface area (Å²) in [7, 11) is -3.49. The molecule has 1 fully saturated rings. The Kier molecular flexibility index (Phi) is 7.15. The Morgan fingerprint density at radius 2 is 2.07 bits per heavy atom. The van der Waals surface area contributed by atoms with Crippen LogP contribution in [-0.4, -0.2) is 55.8 Å². The molecule has 1 aliphatic rings. The second kappa shape index (κ2) is 9.40. The molecule has 1 aliphatic heterocycles. The molecule has 0 radical (unpaired) electrons. The van der Waals surface area contributed by atoms with Gasteiger partial charge in [-0.15, -0.1) is 23.1 Å². The van der Waals surface area contributed by atoms with Crippen LogP contribution in [0, 0.1) is 13.8 Å². The summed E-state index contributed by atoms with van der Waals surface area (Å²) in [6, 6.07) is 3.35. The third-order valence-corrected chi connectivity index (χ3v) is 8.73. The standard InChI is InChI=1S/C17H23N3O5S3/c1-12-15(13(2)25-19-12)10-26-11-16(21)18-9-14-3-4-17(27-14)28(22,23)20-5-7-24-8-6-20/h3-4H,5-11H2,1-2H3,(H,18,21). The molecule has 3 rings (SSSR count). The van der Waals surface area contributed by atoms with Crippen LogP contribution in [0.2, 0.25) is 0 Å². The Labute approximate surface area is 172 Å². The second-order valence-corrected chi connectivity index (χ2v) is 10.6. The monoisotopic (exact) mass is 445 g/mol. The van der Waals surface area contributed by atoms with Crippen molar-refractivity contribution in [2.75, 3.05) is 32.1 Å². The fourth-order valence-corrected chi connectivity index (χ4v) is 6.56. The first kappa shape index (κ1) is 21.3. The third-order valence-electron chi connectivity index (χ3n) is 4.32. The van der Waals surface area contributed by atoms with E-state index in [9.17, 15) is 13.2 Å². The first-order chi connectivity index (χ1) is 13.4. The highest BCUT2D eigenvalue weighted by Crippen LogP contribution is 2.25. The minimum Gasteiger partial charge on any atom is -0.379 e. The SMILES string of the molecule is Cc1noc(C)c1CSCC(=O)NCc1ccc(S(=O)(=O)N2CCOCC2)s1. The lowest BCUT2D eigenvalue weighted by Gasteiger charge is -2.25. The van der Waals surface area contributed by atoms with Gasteiger partial charge < -0.3 is 14.6 Å². The molecule has 0 aromatic carbocycles. The van der Waals surface area contributed by atoms with Crippen molar-refractivity contribution in [3.05, 3.63) is 34.0 Å². The number of aryl methyl sites for hydroxylation is 2. The van der Waals surface area contributed by atoms with Crippen LogP contribution in [0.1, 0.15) is 21.9 Å². The Bertz CT molecular complexity index is 897. The summed E-state index contributed by atoms with van der Waals surface area (Å²) in [4.78, 5) is 12.9. The maximum atomic E-state index is 12.6. The molecule has 1 N–H and O–H groups in total. The molecule has 0 unspecified atom stereocenters. The van der Waals surface area contributed by atoms with Crippen molar-refractivity contribution in [2.24, 2.45) is 0 Å². The zero-order valence-electron chi connectivity index (χ0n) is 15.8. The fourth-order valence-electron chi connectivity index (χ4n) is 2.70. The van der Waals surface area contributed by atoms with E-state index in [1.54, 1.807) is 12.1 Å². The van der Waals surface area contributed by atoms with Gasteiger partial charge >= 0.3 is 0 Å². The fraction of sp³-hybridized carbons (Fsp3) is 0.529. The number of sulfonamides is 1. The van der Waals surface area contributed by atoms with Crippen LogP contribution in [0.25, 0.3) is 0 Å². The number of morpholine rings is 1. The zero-order chi connectivity index (χ0) is 20.1. The summed E-state index contributed by atoms with van der Waals surface area (Å²) >= 11 is 2.68. The highest BCUT2D eigenvalue weighted by molar-refractivity contribution is 7.99. The summed E-state index contributed by atoms with van der Waals surface area (Å²) < 4.78 is 37.3. The topological polar surface area (TPSA) is 102 Å². The molecule has 28 heavy (non-hydrogen) atoms. The maximum Gasteiger partial charge on any atom is 0.252 e. The third kappa shape index (κ3) is 5.15. The number of hydrogen-bond donors (Lipinski definition) is 1. The molecule has 3 heterocycles. The normalized spacial score (nSPS) is 15.6. The number of thioether (sulfide) groups is 1. The van der Waals surface area contributed by atoms with E-state index < -0.39 is 10.0 Å². The summed E-state index contributed by atoms with van der Waals surface area (Å²) in [6.45, 7) is 5.62. The number of thiophene rings is 1. The molecule has 2 aromatic rings. The number of carbonyl (C=O) groups excluding carboxylic acids is 1. The highest BCUT2D eigenvalue weighted by Gasteiger charge is 2.27. The number of hydrogen-bond acceptors (Lipinski definition) is 8. The van der Waals surface area contributed by atoms with Gasteiger partial charge in [-0.2, -0.15) is 4.31 Å². The predicted molar refractivity (Wildman–Crippen MR) is 108 cm³/mol. The smallest absolute Gasteiger partial charge is 0.252 e. The summed E-state index contributed by atoms with van der Waals surface area (Å²) in [5.74, 6) is 1.66. The van der Waals surface area contributed by atoms with E-state index in [1.165, 1.54) is 27.4 Å². The van der Waals surface area contributed by atoms with Crippen molar-refractivity contribution in [1.82, 2.24) is 14.8 Å². The number of carbonyl (C=O) groups is 1. The van der Waals surface area contributed by atoms with Gasteiger partial charge in [0.15, 0.2) is 0 Å². The molecular weight excluding hydrogens is 422 g/mol. The van der Waals surface area contributed by atoms with Gasteiger partial charge in [0.2, 0.25) is 5.91 Å². The molecule has 0 saturated carbocycles. The average Bonchev–Trinajstić information content (AvgIpc) is 3.29. The maximum absolute atomic E-state index is 12.6. The van der Waals surface area contributed by atoms with Crippen molar-refractivity contribution in [3.63, 3.8) is 0 Å². The van der Waals surface area contributed by atoms with Gasteiger partial charge in [-0.3, -0.25) is 4.79 Å². The second-order valence-electron chi connectivity index (χ2n) is 6.31. The van der Waals surface area contributed by atoms with Crippen LogP contribution < -0.4 is 5.32 Å². The van der Waals surface area contributed by atoms with E-state index in [4.69, 9.17) is 9.26 Å². The number of ether oxygens (including phenoxy) is 1. The minimum absolute atomic E-state index is 0.0947. The number of rotatable bonds is 8. The van der Waals surface area contributed by atoms with Gasteiger partial charge in [-0.05, 0) is 26.0 Å². The van der Waals surface area contributed by atoms with E-state index in [2.05, 4.69) is 10.5 Å². The summed E-state index contributed by atoms with van der Waals surface area (Å²) in [6.07, 6.45) is 0. The molecular formula is C17H23N3O5S3. The Hall–Kier alpha value is -1.40. The van der Waals surface area contributed by atoms with E-state index in [0.29, 0.717) is 48.6 Å². The summed E-state index contributed by atoms with van der Waals surface area (Å²) in [5, 5.41) is 6.73. The van der Waals surface area contributed by atoms with Crippen molar-refractivity contribution < 1.29 is 22.5 Å². The first-order valence-electron chi connectivity index (χ1n) is 8.80. The Morgan fingerprint density at radius 1 is 1.32 bits per heavy atom. The lowest BCUT2D eigenvalue weighted by atomic mass is 10.2. The lowest BCUT2D eigenvalue weighted by molar-refractivity contribution is -0.118. The molecule has 0 bridgehead atoms.